The van der Waals surface area contributed by atoms with Gasteiger partial charge in [0.05, 0.1) is 25.2 Å². The molecule has 1 fully saturated rings. The van der Waals surface area contributed by atoms with E-state index in [9.17, 15) is 14.4 Å². The molecule has 0 spiro atoms. The number of amides is 2. The van der Waals surface area contributed by atoms with Crippen LogP contribution in [0, 0.1) is 5.92 Å². The van der Waals surface area contributed by atoms with Crippen LogP contribution in [0.1, 0.15) is 48.9 Å². The maximum Gasteiger partial charge on any atom is 0.266 e. The maximum absolute atomic E-state index is 13.8. The second-order valence-electron chi connectivity index (χ2n) is 9.78. The maximum atomic E-state index is 13.8. The lowest BCUT2D eigenvalue weighted by Gasteiger charge is -2.33. The summed E-state index contributed by atoms with van der Waals surface area (Å²) in [5.74, 6) is -1.83. The van der Waals surface area contributed by atoms with Gasteiger partial charge in [0, 0.05) is 20.2 Å². The fraction of sp³-hybridized carbons (Fsp3) is 0.467. The number of morpholine rings is 1. The molecule has 3 unspecified atom stereocenters. The Morgan fingerprint density at radius 1 is 1.03 bits per heavy atom. The fourth-order valence-corrected chi connectivity index (χ4v) is 4.95. The molecular formula is C30H37N3O6. The Balaban J connectivity index is 1.53. The molecule has 2 heterocycles. The molecule has 0 aliphatic carbocycles. The SMILES string of the molecule is CCCC(NC(=O)C(CCCc1ccccc1)C(OC)C(=O)N1CCOCC1)C(=O)c1nc2ccccc2o1. The van der Waals surface area contributed by atoms with Crippen LogP contribution in [0.5, 0.6) is 0 Å². The zero-order valence-corrected chi connectivity index (χ0v) is 22.6. The van der Waals surface area contributed by atoms with E-state index in [2.05, 4.69) is 10.3 Å². The van der Waals surface area contributed by atoms with E-state index in [1.807, 2.05) is 49.4 Å². The summed E-state index contributed by atoms with van der Waals surface area (Å²) in [4.78, 5) is 46.6. The van der Waals surface area contributed by atoms with Crippen LogP contribution in [0.3, 0.4) is 0 Å². The van der Waals surface area contributed by atoms with Gasteiger partial charge in [-0.25, -0.2) is 4.98 Å². The fourth-order valence-electron chi connectivity index (χ4n) is 4.95. The predicted molar refractivity (Wildman–Crippen MR) is 146 cm³/mol. The number of oxazole rings is 1. The summed E-state index contributed by atoms with van der Waals surface area (Å²) < 4.78 is 16.7. The molecule has 39 heavy (non-hydrogen) atoms. The minimum absolute atomic E-state index is 0.0386. The summed E-state index contributed by atoms with van der Waals surface area (Å²) >= 11 is 0. The monoisotopic (exact) mass is 535 g/mol. The largest absolute Gasteiger partial charge is 0.434 e. The molecule has 4 rings (SSSR count). The lowest BCUT2D eigenvalue weighted by Crippen LogP contribution is -2.53. The highest BCUT2D eigenvalue weighted by atomic mass is 16.5. The van der Waals surface area contributed by atoms with Crippen LogP contribution in [-0.2, 0) is 25.5 Å². The van der Waals surface area contributed by atoms with E-state index in [0.29, 0.717) is 63.1 Å². The molecule has 208 valence electrons. The van der Waals surface area contributed by atoms with Gasteiger partial charge in [-0.15, -0.1) is 0 Å². The second-order valence-corrected chi connectivity index (χ2v) is 9.78. The van der Waals surface area contributed by atoms with Gasteiger partial charge in [0.1, 0.15) is 11.6 Å². The van der Waals surface area contributed by atoms with Gasteiger partial charge >= 0.3 is 0 Å². The third-order valence-corrected chi connectivity index (χ3v) is 7.06. The van der Waals surface area contributed by atoms with Gasteiger partial charge in [0.15, 0.2) is 5.58 Å². The molecule has 0 saturated carbocycles. The van der Waals surface area contributed by atoms with Gasteiger partial charge in [-0.05, 0) is 43.4 Å². The number of methoxy groups -OCH3 is 1. The van der Waals surface area contributed by atoms with E-state index in [4.69, 9.17) is 13.9 Å². The van der Waals surface area contributed by atoms with E-state index in [1.54, 1.807) is 17.0 Å². The van der Waals surface area contributed by atoms with Crippen molar-refractivity contribution in [1.29, 1.82) is 0 Å². The first kappa shape index (κ1) is 28.4. The number of carbonyl (C=O) groups excluding carboxylic acids is 3. The predicted octanol–water partition coefficient (Wildman–Crippen LogP) is 3.81. The van der Waals surface area contributed by atoms with Crippen molar-refractivity contribution in [3.63, 3.8) is 0 Å². The number of hydrogen-bond donors (Lipinski definition) is 1. The van der Waals surface area contributed by atoms with E-state index in [1.165, 1.54) is 7.11 Å². The number of rotatable bonds is 13. The van der Waals surface area contributed by atoms with Crippen molar-refractivity contribution in [2.75, 3.05) is 33.4 Å². The molecule has 9 heteroatoms. The second kappa shape index (κ2) is 14.0. The highest BCUT2D eigenvalue weighted by Gasteiger charge is 2.38. The lowest BCUT2D eigenvalue weighted by molar-refractivity contribution is -0.154. The molecular weight excluding hydrogens is 498 g/mol. The van der Waals surface area contributed by atoms with Crippen molar-refractivity contribution in [3.05, 3.63) is 66.1 Å². The average molecular weight is 536 g/mol. The summed E-state index contributed by atoms with van der Waals surface area (Å²) in [5.41, 5.74) is 2.24. The summed E-state index contributed by atoms with van der Waals surface area (Å²) in [5, 5.41) is 2.92. The molecule has 0 radical (unpaired) electrons. The molecule has 1 saturated heterocycles. The number of nitrogens with one attached hydrogen (secondary N) is 1. The van der Waals surface area contributed by atoms with Crippen molar-refractivity contribution in [2.24, 2.45) is 5.92 Å². The number of fused-ring (bicyclic) bond motifs is 1. The molecule has 1 aliphatic rings. The molecule has 2 amide bonds. The zero-order valence-electron chi connectivity index (χ0n) is 22.6. The van der Waals surface area contributed by atoms with E-state index in [-0.39, 0.29) is 17.7 Å². The number of ether oxygens (including phenoxy) is 2. The standard InChI is InChI=1S/C30H37N3O6/c1-3-10-24(26(34)29-32-23-15-7-8-16-25(23)39-29)31-28(35)22(14-9-13-21-11-5-4-6-12-21)27(37-2)30(36)33-17-19-38-20-18-33/h4-8,11-12,15-16,22,24,27H,3,9-10,13-14,17-20H2,1-2H3,(H,31,35). The normalized spacial score (nSPS) is 16.0. The van der Waals surface area contributed by atoms with Crippen LogP contribution in [0.15, 0.2) is 59.0 Å². The molecule has 3 aromatic rings. The molecule has 9 nitrogen and oxygen atoms in total. The van der Waals surface area contributed by atoms with Gasteiger partial charge in [-0.1, -0.05) is 55.8 Å². The topological polar surface area (TPSA) is 111 Å². The van der Waals surface area contributed by atoms with Crippen molar-refractivity contribution in [2.45, 2.75) is 51.2 Å². The summed E-state index contributed by atoms with van der Waals surface area (Å²) in [7, 11) is 1.45. The molecule has 1 aromatic heterocycles. The summed E-state index contributed by atoms with van der Waals surface area (Å²) in [6, 6.07) is 16.3. The quantitative estimate of drug-likeness (QED) is 0.331. The van der Waals surface area contributed by atoms with Crippen LogP contribution >= 0.6 is 0 Å². The Morgan fingerprint density at radius 3 is 2.44 bits per heavy atom. The Hall–Kier alpha value is -3.56. The van der Waals surface area contributed by atoms with Gasteiger partial charge in [-0.2, -0.15) is 0 Å². The van der Waals surface area contributed by atoms with Crippen LogP contribution in [0.25, 0.3) is 11.1 Å². The number of Topliss-reactive ketones (excluding diaryl/α,β-unsaturated/α-hetero) is 1. The number of benzene rings is 2. The van der Waals surface area contributed by atoms with Gasteiger partial charge in [0.2, 0.25) is 11.7 Å². The Bertz CT molecular complexity index is 1200. The van der Waals surface area contributed by atoms with E-state index < -0.39 is 23.8 Å². The van der Waals surface area contributed by atoms with Crippen LogP contribution in [0.2, 0.25) is 0 Å². The first-order chi connectivity index (χ1) is 19.0. The summed E-state index contributed by atoms with van der Waals surface area (Å²) in [6.45, 7) is 3.74. The van der Waals surface area contributed by atoms with Crippen molar-refractivity contribution in [3.8, 4) is 0 Å². The smallest absolute Gasteiger partial charge is 0.266 e. The number of aromatic nitrogens is 1. The highest BCUT2D eigenvalue weighted by Crippen LogP contribution is 2.22. The number of ketones is 1. The van der Waals surface area contributed by atoms with E-state index >= 15 is 0 Å². The number of aryl methyl sites for hydroxylation is 1. The number of para-hydroxylation sites is 2. The third-order valence-electron chi connectivity index (χ3n) is 7.06. The van der Waals surface area contributed by atoms with Crippen LogP contribution < -0.4 is 5.32 Å². The lowest BCUT2D eigenvalue weighted by atomic mass is 9.91. The number of hydrogen-bond acceptors (Lipinski definition) is 7. The van der Waals surface area contributed by atoms with Gasteiger partial charge < -0.3 is 24.1 Å². The van der Waals surface area contributed by atoms with Crippen molar-refractivity contribution >= 4 is 28.7 Å². The van der Waals surface area contributed by atoms with Crippen molar-refractivity contribution in [1.82, 2.24) is 15.2 Å². The Kier molecular flexibility index (Phi) is 10.2. The minimum Gasteiger partial charge on any atom is -0.434 e. The van der Waals surface area contributed by atoms with Crippen LogP contribution in [0.4, 0.5) is 0 Å². The Morgan fingerprint density at radius 2 is 1.74 bits per heavy atom. The Labute approximate surface area is 228 Å². The highest BCUT2D eigenvalue weighted by molar-refractivity contribution is 6.00. The van der Waals surface area contributed by atoms with Crippen molar-refractivity contribution < 1.29 is 28.3 Å². The zero-order chi connectivity index (χ0) is 27.6. The molecule has 0 bridgehead atoms. The average Bonchev–Trinajstić information content (AvgIpc) is 3.41. The molecule has 3 atom stereocenters. The number of carbonyl (C=O) groups is 3. The molecule has 1 N–H and O–H groups in total. The first-order valence-electron chi connectivity index (χ1n) is 13.6. The van der Waals surface area contributed by atoms with Gasteiger partial charge in [0.25, 0.3) is 11.8 Å². The van der Waals surface area contributed by atoms with Crippen LogP contribution in [-0.4, -0.2) is 73.0 Å². The van der Waals surface area contributed by atoms with Gasteiger partial charge in [-0.3, -0.25) is 14.4 Å². The minimum atomic E-state index is -0.972. The number of nitrogens with zero attached hydrogens (tertiary/aromatic N) is 2. The first-order valence-corrected chi connectivity index (χ1v) is 13.6. The molecule has 2 aromatic carbocycles. The third kappa shape index (κ3) is 7.30. The molecule has 1 aliphatic heterocycles. The van der Waals surface area contributed by atoms with E-state index in [0.717, 1.165) is 12.0 Å². The summed E-state index contributed by atoms with van der Waals surface area (Å²) in [6.07, 6.45) is 1.96.